The molecule has 19 heavy (non-hydrogen) atoms. The molecular formula is C15H16BrNO2. The number of anilines is 1. The number of methoxy groups -OCH3 is 1. The maximum absolute atomic E-state index is 5.65. The van der Waals surface area contributed by atoms with E-state index in [2.05, 4.69) is 21.2 Å². The molecule has 0 aromatic heterocycles. The standard InChI is InChI=1S/C15H16BrNO2/c1-18-14-6-3-7-15(11-14)19-9-8-17-13-5-2-4-12(16)10-13/h2-7,10-11,17H,8-9H2,1H3. The molecule has 0 fully saturated rings. The summed E-state index contributed by atoms with van der Waals surface area (Å²) in [4.78, 5) is 0. The molecular weight excluding hydrogens is 306 g/mol. The van der Waals surface area contributed by atoms with Crippen LogP contribution in [0.1, 0.15) is 0 Å². The van der Waals surface area contributed by atoms with Gasteiger partial charge in [0.25, 0.3) is 0 Å². The molecule has 0 atom stereocenters. The third kappa shape index (κ3) is 4.48. The Morgan fingerprint density at radius 2 is 1.84 bits per heavy atom. The van der Waals surface area contributed by atoms with E-state index < -0.39 is 0 Å². The van der Waals surface area contributed by atoms with Crippen molar-refractivity contribution in [2.45, 2.75) is 0 Å². The first kappa shape index (κ1) is 13.7. The van der Waals surface area contributed by atoms with Crippen molar-refractivity contribution in [1.82, 2.24) is 0 Å². The lowest BCUT2D eigenvalue weighted by Crippen LogP contribution is -2.11. The summed E-state index contributed by atoms with van der Waals surface area (Å²) < 4.78 is 11.9. The van der Waals surface area contributed by atoms with Gasteiger partial charge in [-0.25, -0.2) is 0 Å². The monoisotopic (exact) mass is 321 g/mol. The Labute approximate surface area is 121 Å². The van der Waals surface area contributed by atoms with Gasteiger partial charge in [-0.1, -0.05) is 28.1 Å². The SMILES string of the molecule is COc1cccc(OCCNc2cccc(Br)c2)c1. The van der Waals surface area contributed by atoms with Crippen LogP contribution in [0.4, 0.5) is 5.69 Å². The average Bonchev–Trinajstić information content (AvgIpc) is 2.44. The van der Waals surface area contributed by atoms with Gasteiger partial charge in [0.05, 0.1) is 7.11 Å². The van der Waals surface area contributed by atoms with Crippen LogP contribution < -0.4 is 14.8 Å². The van der Waals surface area contributed by atoms with Crippen molar-refractivity contribution in [1.29, 1.82) is 0 Å². The molecule has 0 spiro atoms. The maximum Gasteiger partial charge on any atom is 0.123 e. The summed E-state index contributed by atoms with van der Waals surface area (Å²) in [6, 6.07) is 15.7. The van der Waals surface area contributed by atoms with Crippen LogP contribution in [-0.4, -0.2) is 20.3 Å². The van der Waals surface area contributed by atoms with E-state index >= 15 is 0 Å². The number of benzene rings is 2. The third-order valence-corrected chi connectivity index (χ3v) is 3.06. The fourth-order valence-electron chi connectivity index (χ4n) is 1.65. The molecule has 0 heterocycles. The van der Waals surface area contributed by atoms with Gasteiger partial charge in [-0.15, -0.1) is 0 Å². The fraction of sp³-hybridized carbons (Fsp3) is 0.200. The van der Waals surface area contributed by atoms with Crippen LogP contribution in [0.2, 0.25) is 0 Å². The minimum Gasteiger partial charge on any atom is -0.497 e. The van der Waals surface area contributed by atoms with E-state index in [-0.39, 0.29) is 0 Å². The van der Waals surface area contributed by atoms with Crippen molar-refractivity contribution in [2.24, 2.45) is 0 Å². The average molecular weight is 322 g/mol. The lowest BCUT2D eigenvalue weighted by molar-refractivity contribution is 0.329. The number of hydrogen-bond donors (Lipinski definition) is 1. The lowest BCUT2D eigenvalue weighted by atomic mass is 10.3. The summed E-state index contributed by atoms with van der Waals surface area (Å²) in [7, 11) is 1.65. The van der Waals surface area contributed by atoms with E-state index in [1.165, 1.54) is 0 Å². The summed E-state index contributed by atoms with van der Waals surface area (Å²) in [6.45, 7) is 1.34. The Balaban J connectivity index is 1.77. The number of hydrogen-bond acceptors (Lipinski definition) is 3. The van der Waals surface area contributed by atoms with E-state index in [1.807, 2.05) is 48.5 Å². The lowest BCUT2D eigenvalue weighted by Gasteiger charge is -2.09. The minimum atomic E-state index is 0.597. The molecule has 0 aliphatic rings. The largest absolute Gasteiger partial charge is 0.497 e. The Bertz CT molecular complexity index is 531. The smallest absolute Gasteiger partial charge is 0.123 e. The molecule has 0 bridgehead atoms. The highest BCUT2D eigenvalue weighted by atomic mass is 79.9. The van der Waals surface area contributed by atoms with Crippen molar-refractivity contribution < 1.29 is 9.47 Å². The van der Waals surface area contributed by atoms with Crippen molar-refractivity contribution in [3.8, 4) is 11.5 Å². The second-order valence-electron chi connectivity index (χ2n) is 3.96. The topological polar surface area (TPSA) is 30.5 Å². The number of rotatable bonds is 6. The molecule has 0 radical (unpaired) electrons. The molecule has 2 aromatic carbocycles. The first-order valence-electron chi connectivity index (χ1n) is 6.04. The Hall–Kier alpha value is -1.68. The highest BCUT2D eigenvalue weighted by molar-refractivity contribution is 9.10. The van der Waals surface area contributed by atoms with Crippen LogP contribution in [0.15, 0.2) is 53.0 Å². The Morgan fingerprint density at radius 1 is 1.05 bits per heavy atom. The predicted molar refractivity (Wildman–Crippen MR) is 81.1 cm³/mol. The van der Waals surface area contributed by atoms with Crippen LogP contribution in [-0.2, 0) is 0 Å². The first-order chi connectivity index (χ1) is 9.28. The Kier molecular flexibility index (Phi) is 5.10. The molecule has 1 N–H and O–H groups in total. The van der Waals surface area contributed by atoms with E-state index in [1.54, 1.807) is 7.11 Å². The fourth-order valence-corrected chi connectivity index (χ4v) is 2.05. The van der Waals surface area contributed by atoms with Gasteiger partial charge < -0.3 is 14.8 Å². The second-order valence-corrected chi connectivity index (χ2v) is 4.88. The molecule has 2 aromatic rings. The molecule has 0 aliphatic carbocycles. The molecule has 0 amide bonds. The molecule has 2 rings (SSSR count). The van der Waals surface area contributed by atoms with Gasteiger partial charge in [0.15, 0.2) is 0 Å². The minimum absolute atomic E-state index is 0.597. The van der Waals surface area contributed by atoms with Gasteiger partial charge in [-0.2, -0.15) is 0 Å². The molecule has 3 nitrogen and oxygen atoms in total. The van der Waals surface area contributed by atoms with Crippen LogP contribution in [0.25, 0.3) is 0 Å². The van der Waals surface area contributed by atoms with Crippen molar-refractivity contribution in [3.05, 3.63) is 53.0 Å². The maximum atomic E-state index is 5.65. The third-order valence-electron chi connectivity index (χ3n) is 2.57. The summed E-state index contributed by atoms with van der Waals surface area (Å²) in [5, 5.41) is 3.30. The van der Waals surface area contributed by atoms with Gasteiger partial charge in [-0.3, -0.25) is 0 Å². The number of ether oxygens (including phenoxy) is 2. The zero-order chi connectivity index (χ0) is 13.5. The second kappa shape index (κ2) is 7.04. The number of nitrogens with one attached hydrogen (secondary N) is 1. The van der Waals surface area contributed by atoms with E-state index in [9.17, 15) is 0 Å². The summed E-state index contributed by atoms with van der Waals surface area (Å²) in [6.07, 6.45) is 0. The predicted octanol–water partition coefficient (Wildman–Crippen LogP) is 3.95. The molecule has 4 heteroatoms. The first-order valence-corrected chi connectivity index (χ1v) is 6.83. The highest BCUT2D eigenvalue weighted by Gasteiger charge is 1.97. The van der Waals surface area contributed by atoms with Gasteiger partial charge in [-0.05, 0) is 30.3 Å². The normalized spacial score (nSPS) is 10.0. The zero-order valence-electron chi connectivity index (χ0n) is 10.7. The number of halogens is 1. The zero-order valence-corrected chi connectivity index (χ0v) is 12.3. The summed E-state index contributed by atoms with van der Waals surface area (Å²) in [5.74, 6) is 1.62. The molecule has 0 aliphatic heterocycles. The Morgan fingerprint density at radius 3 is 2.63 bits per heavy atom. The molecule has 100 valence electrons. The van der Waals surface area contributed by atoms with Gasteiger partial charge in [0, 0.05) is 22.8 Å². The highest BCUT2D eigenvalue weighted by Crippen LogP contribution is 2.19. The van der Waals surface area contributed by atoms with Crippen molar-refractivity contribution >= 4 is 21.6 Å². The quantitative estimate of drug-likeness (QED) is 0.817. The van der Waals surface area contributed by atoms with Crippen LogP contribution >= 0.6 is 15.9 Å². The van der Waals surface area contributed by atoms with E-state index in [4.69, 9.17) is 9.47 Å². The van der Waals surface area contributed by atoms with Crippen LogP contribution in [0.3, 0.4) is 0 Å². The van der Waals surface area contributed by atoms with Gasteiger partial charge >= 0.3 is 0 Å². The molecule has 0 saturated carbocycles. The summed E-state index contributed by atoms with van der Waals surface area (Å²) >= 11 is 3.44. The van der Waals surface area contributed by atoms with Crippen molar-refractivity contribution in [3.63, 3.8) is 0 Å². The van der Waals surface area contributed by atoms with E-state index in [0.717, 1.165) is 28.2 Å². The van der Waals surface area contributed by atoms with Gasteiger partial charge in [0.1, 0.15) is 18.1 Å². The van der Waals surface area contributed by atoms with Crippen LogP contribution in [0.5, 0.6) is 11.5 Å². The molecule has 0 unspecified atom stereocenters. The van der Waals surface area contributed by atoms with E-state index in [0.29, 0.717) is 6.61 Å². The van der Waals surface area contributed by atoms with Crippen molar-refractivity contribution in [2.75, 3.05) is 25.6 Å². The van der Waals surface area contributed by atoms with Crippen LogP contribution in [0, 0.1) is 0 Å². The molecule has 0 saturated heterocycles. The summed E-state index contributed by atoms with van der Waals surface area (Å²) in [5.41, 5.74) is 1.07. The van der Waals surface area contributed by atoms with Gasteiger partial charge in [0.2, 0.25) is 0 Å².